The van der Waals surface area contributed by atoms with Gasteiger partial charge in [-0.2, -0.15) is 18.2 Å². The maximum Gasteiger partial charge on any atom is 0.416 e. The zero-order chi connectivity index (χ0) is 22.0. The van der Waals surface area contributed by atoms with Crippen LogP contribution < -0.4 is 4.74 Å². The lowest BCUT2D eigenvalue weighted by molar-refractivity contribution is -0.137. The molecule has 1 aliphatic heterocycles. The van der Waals surface area contributed by atoms with Crippen LogP contribution in [0.2, 0.25) is 0 Å². The summed E-state index contributed by atoms with van der Waals surface area (Å²) < 4.78 is 48.9. The van der Waals surface area contributed by atoms with Gasteiger partial charge in [0, 0.05) is 25.1 Å². The second-order valence-corrected chi connectivity index (χ2v) is 7.28. The van der Waals surface area contributed by atoms with Gasteiger partial charge in [0.05, 0.1) is 18.1 Å². The van der Waals surface area contributed by atoms with Gasteiger partial charge in [-0.1, -0.05) is 29.4 Å². The lowest BCUT2D eigenvalue weighted by Crippen LogP contribution is -2.24. The third-order valence-electron chi connectivity index (χ3n) is 5.08. The largest absolute Gasteiger partial charge is 0.494 e. The molecule has 0 saturated carbocycles. The van der Waals surface area contributed by atoms with Gasteiger partial charge in [0.1, 0.15) is 5.75 Å². The van der Waals surface area contributed by atoms with Crippen LogP contribution in [0.15, 0.2) is 53.1 Å². The molecule has 1 saturated heterocycles. The molecular formula is C22H20F3N3O3. The second-order valence-electron chi connectivity index (χ2n) is 7.28. The number of carbonyl (C=O) groups excluding carboxylic acids is 1. The fourth-order valence-electron chi connectivity index (χ4n) is 3.50. The van der Waals surface area contributed by atoms with E-state index in [2.05, 4.69) is 10.1 Å². The molecular weight excluding hydrogens is 411 g/mol. The first-order valence-corrected chi connectivity index (χ1v) is 9.84. The van der Waals surface area contributed by atoms with Crippen molar-refractivity contribution < 1.29 is 27.2 Å². The molecule has 0 N–H and O–H groups in total. The van der Waals surface area contributed by atoms with Gasteiger partial charge in [0.25, 0.3) is 0 Å². The number of amides is 1. The highest BCUT2D eigenvalue weighted by Crippen LogP contribution is 2.32. The molecule has 0 radical (unpaired) electrons. The van der Waals surface area contributed by atoms with Crippen molar-refractivity contribution in [3.63, 3.8) is 0 Å². The number of rotatable bonds is 6. The Labute approximate surface area is 176 Å². The van der Waals surface area contributed by atoms with Crippen molar-refractivity contribution >= 4 is 5.91 Å². The maximum absolute atomic E-state index is 12.7. The Kier molecular flexibility index (Phi) is 5.67. The third-order valence-corrected chi connectivity index (χ3v) is 5.08. The second kappa shape index (κ2) is 8.41. The Balaban J connectivity index is 1.42. The van der Waals surface area contributed by atoms with Gasteiger partial charge in [-0.3, -0.25) is 4.79 Å². The summed E-state index contributed by atoms with van der Waals surface area (Å²) in [6.07, 6.45) is -4.16. The van der Waals surface area contributed by atoms with E-state index in [0.29, 0.717) is 31.2 Å². The number of ether oxygens (including phenoxy) is 1. The predicted molar refractivity (Wildman–Crippen MR) is 105 cm³/mol. The molecule has 9 heteroatoms. The molecule has 1 aromatic heterocycles. The number of alkyl halides is 3. The SMILES string of the molecule is CCOc1ccc(CN2CC(c3nc(-c4ccc(C(F)(F)F)cc4)no3)CC2=O)cc1. The van der Waals surface area contributed by atoms with Crippen LogP contribution in [0.5, 0.6) is 5.75 Å². The van der Waals surface area contributed by atoms with E-state index in [1.807, 2.05) is 31.2 Å². The normalized spacial score (nSPS) is 16.7. The summed E-state index contributed by atoms with van der Waals surface area (Å²) in [5, 5.41) is 3.87. The van der Waals surface area contributed by atoms with E-state index in [-0.39, 0.29) is 24.1 Å². The highest BCUT2D eigenvalue weighted by atomic mass is 19.4. The summed E-state index contributed by atoms with van der Waals surface area (Å²) in [5.74, 6) is 0.996. The number of halogens is 3. The minimum Gasteiger partial charge on any atom is -0.494 e. The van der Waals surface area contributed by atoms with Crippen LogP contribution in [0.1, 0.15) is 36.3 Å². The minimum atomic E-state index is -4.40. The van der Waals surface area contributed by atoms with Crippen LogP contribution in [0.3, 0.4) is 0 Å². The highest BCUT2D eigenvalue weighted by Gasteiger charge is 2.34. The Hall–Kier alpha value is -3.36. The lowest BCUT2D eigenvalue weighted by atomic mass is 10.1. The van der Waals surface area contributed by atoms with E-state index in [4.69, 9.17) is 9.26 Å². The van der Waals surface area contributed by atoms with Gasteiger partial charge in [-0.05, 0) is 36.8 Å². The van der Waals surface area contributed by atoms with Gasteiger partial charge in [0.15, 0.2) is 0 Å². The van der Waals surface area contributed by atoms with E-state index in [0.717, 1.165) is 23.4 Å². The summed E-state index contributed by atoms with van der Waals surface area (Å²) in [6, 6.07) is 12.1. The number of nitrogens with zero attached hydrogens (tertiary/aromatic N) is 3. The molecule has 1 unspecified atom stereocenters. The molecule has 162 valence electrons. The standard InChI is InChI=1S/C22H20F3N3O3/c1-2-30-18-9-3-14(4-10-18)12-28-13-16(11-19(28)29)21-26-20(27-31-21)15-5-7-17(8-6-15)22(23,24)25/h3-10,16H,2,11-13H2,1H3. The molecule has 0 bridgehead atoms. The zero-order valence-electron chi connectivity index (χ0n) is 16.7. The topological polar surface area (TPSA) is 68.5 Å². The van der Waals surface area contributed by atoms with Crippen LogP contribution in [0.25, 0.3) is 11.4 Å². The summed E-state index contributed by atoms with van der Waals surface area (Å²) in [6.45, 7) is 3.39. The number of hydrogen-bond donors (Lipinski definition) is 0. The van der Waals surface area contributed by atoms with Crippen LogP contribution >= 0.6 is 0 Å². The van der Waals surface area contributed by atoms with E-state index in [1.165, 1.54) is 12.1 Å². The Bertz CT molecular complexity index is 1050. The molecule has 1 atom stereocenters. The number of aromatic nitrogens is 2. The number of likely N-dealkylation sites (tertiary alicyclic amines) is 1. The molecule has 1 fully saturated rings. The summed E-state index contributed by atoms with van der Waals surface area (Å²) >= 11 is 0. The van der Waals surface area contributed by atoms with Crippen molar-refractivity contribution in [3.8, 4) is 17.1 Å². The molecule has 0 spiro atoms. The highest BCUT2D eigenvalue weighted by molar-refractivity contribution is 5.79. The first kappa shape index (κ1) is 20.9. The van der Waals surface area contributed by atoms with Crippen molar-refractivity contribution in [3.05, 3.63) is 65.5 Å². The maximum atomic E-state index is 12.7. The molecule has 1 amide bonds. The van der Waals surface area contributed by atoms with E-state index < -0.39 is 11.7 Å². The number of hydrogen-bond acceptors (Lipinski definition) is 5. The Morgan fingerprint density at radius 2 is 1.84 bits per heavy atom. The van der Waals surface area contributed by atoms with Crippen molar-refractivity contribution in [2.24, 2.45) is 0 Å². The molecule has 3 aromatic rings. The molecule has 0 aliphatic carbocycles. The average molecular weight is 431 g/mol. The number of carbonyl (C=O) groups is 1. The minimum absolute atomic E-state index is 0.0202. The molecule has 2 aromatic carbocycles. The van der Waals surface area contributed by atoms with Gasteiger partial charge >= 0.3 is 6.18 Å². The average Bonchev–Trinajstić information content (AvgIpc) is 3.37. The molecule has 6 nitrogen and oxygen atoms in total. The summed E-state index contributed by atoms with van der Waals surface area (Å²) in [4.78, 5) is 18.5. The van der Waals surface area contributed by atoms with E-state index >= 15 is 0 Å². The first-order valence-electron chi connectivity index (χ1n) is 9.84. The molecule has 31 heavy (non-hydrogen) atoms. The van der Waals surface area contributed by atoms with Crippen molar-refractivity contribution in [2.45, 2.75) is 32.0 Å². The fourth-order valence-corrected chi connectivity index (χ4v) is 3.50. The van der Waals surface area contributed by atoms with Crippen LogP contribution in [0.4, 0.5) is 13.2 Å². The van der Waals surface area contributed by atoms with Gasteiger partial charge in [-0.15, -0.1) is 0 Å². The smallest absolute Gasteiger partial charge is 0.416 e. The summed E-state index contributed by atoms with van der Waals surface area (Å²) in [5.41, 5.74) is 0.651. The summed E-state index contributed by atoms with van der Waals surface area (Å²) in [7, 11) is 0. The fraction of sp³-hybridized carbons (Fsp3) is 0.318. The van der Waals surface area contributed by atoms with Crippen molar-refractivity contribution in [1.29, 1.82) is 0 Å². The van der Waals surface area contributed by atoms with Gasteiger partial charge in [-0.25, -0.2) is 0 Å². The molecule has 2 heterocycles. The van der Waals surface area contributed by atoms with Crippen LogP contribution in [-0.2, 0) is 17.5 Å². The van der Waals surface area contributed by atoms with Gasteiger partial charge < -0.3 is 14.2 Å². The Morgan fingerprint density at radius 1 is 1.13 bits per heavy atom. The first-order chi connectivity index (χ1) is 14.8. The number of benzene rings is 2. The quantitative estimate of drug-likeness (QED) is 0.567. The monoisotopic (exact) mass is 431 g/mol. The van der Waals surface area contributed by atoms with E-state index in [1.54, 1.807) is 4.90 Å². The van der Waals surface area contributed by atoms with Crippen LogP contribution in [-0.4, -0.2) is 34.1 Å². The Morgan fingerprint density at radius 3 is 2.48 bits per heavy atom. The molecule has 4 rings (SSSR count). The van der Waals surface area contributed by atoms with E-state index in [9.17, 15) is 18.0 Å². The van der Waals surface area contributed by atoms with Gasteiger partial charge in [0.2, 0.25) is 17.6 Å². The predicted octanol–water partition coefficient (Wildman–Crippen LogP) is 4.67. The zero-order valence-corrected chi connectivity index (χ0v) is 16.7. The van der Waals surface area contributed by atoms with Crippen molar-refractivity contribution in [2.75, 3.05) is 13.2 Å². The van der Waals surface area contributed by atoms with Crippen LogP contribution in [0, 0.1) is 0 Å². The third kappa shape index (κ3) is 4.70. The molecule has 1 aliphatic rings. The lowest BCUT2D eigenvalue weighted by Gasteiger charge is -2.16. The van der Waals surface area contributed by atoms with Crippen molar-refractivity contribution in [1.82, 2.24) is 15.0 Å².